The summed E-state index contributed by atoms with van der Waals surface area (Å²) >= 11 is 7.98. The SMILES string of the molecule is COc1cccc(C2Oc3ccc(Cl)cc3C3CC(c4cccs4)=NN32)c1. The Morgan fingerprint density at radius 2 is 2.11 bits per heavy atom. The summed E-state index contributed by atoms with van der Waals surface area (Å²) in [5, 5.41) is 9.79. The first kappa shape index (κ1) is 16.7. The van der Waals surface area contributed by atoms with Crippen LogP contribution in [-0.2, 0) is 0 Å². The van der Waals surface area contributed by atoms with E-state index in [4.69, 9.17) is 26.2 Å². The van der Waals surface area contributed by atoms with E-state index in [1.807, 2.05) is 42.5 Å². The molecule has 1 aromatic heterocycles. The van der Waals surface area contributed by atoms with Crippen LogP contribution in [0.1, 0.15) is 34.7 Å². The van der Waals surface area contributed by atoms with Gasteiger partial charge in [0.05, 0.1) is 23.7 Å². The van der Waals surface area contributed by atoms with Gasteiger partial charge in [-0.15, -0.1) is 11.3 Å². The summed E-state index contributed by atoms with van der Waals surface area (Å²) in [5.41, 5.74) is 3.17. The Morgan fingerprint density at radius 1 is 1.19 bits per heavy atom. The highest BCUT2D eigenvalue weighted by Crippen LogP contribution is 2.48. The van der Waals surface area contributed by atoms with Crippen LogP contribution in [0.2, 0.25) is 5.02 Å². The van der Waals surface area contributed by atoms with E-state index in [2.05, 4.69) is 22.5 Å². The molecule has 2 atom stereocenters. The lowest BCUT2D eigenvalue weighted by Crippen LogP contribution is -2.33. The Bertz CT molecular complexity index is 1020. The van der Waals surface area contributed by atoms with Gasteiger partial charge in [0.15, 0.2) is 0 Å². The highest BCUT2D eigenvalue weighted by molar-refractivity contribution is 7.12. The molecule has 0 aliphatic carbocycles. The van der Waals surface area contributed by atoms with E-state index >= 15 is 0 Å². The van der Waals surface area contributed by atoms with Gasteiger partial charge in [-0.25, -0.2) is 5.01 Å². The molecule has 0 fully saturated rings. The standard InChI is InChI=1S/C21H17ClN2O2S/c1-25-15-5-2-4-13(10-15)21-24-18(12-17(23-24)20-6-3-9-27-20)16-11-14(22)7-8-19(16)26-21/h2-11,18,21H,12H2,1H3. The van der Waals surface area contributed by atoms with Crippen molar-refractivity contribution >= 4 is 28.6 Å². The minimum absolute atomic E-state index is 0.0979. The number of nitrogens with zero attached hydrogens (tertiary/aromatic N) is 2. The molecule has 2 aliphatic heterocycles. The Kier molecular flexibility index (Phi) is 4.06. The van der Waals surface area contributed by atoms with Gasteiger partial charge in [-0.2, -0.15) is 5.10 Å². The molecule has 0 bridgehead atoms. The third-order valence-electron chi connectivity index (χ3n) is 4.94. The normalized spacial score (nSPS) is 20.5. The maximum Gasteiger partial charge on any atom is 0.214 e. The van der Waals surface area contributed by atoms with Gasteiger partial charge >= 0.3 is 0 Å². The monoisotopic (exact) mass is 396 g/mol. The summed E-state index contributed by atoms with van der Waals surface area (Å²) in [4.78, 5) is 1.19. The Labute approximate surface area is 166 Å². The lowest BCUT2D eigenvalue weighted by Gasteiger charge is -2.38. The number of fused-ring (bicyclic) bond motifs is 3. The second kappa shape index (κ2) is 6.59. The van der Waals surface area contributed by atoms with Crippen molar-refractivity contribution in [2.24, 2.45) is 5.10 Å². The molecule has 3 aromatic rings. The molecular weight excluding hydrogens is 380 g/mol. The molecule has 136 valence electrons. The molecule has 2 aliphatic rings. The number of halogens is 1. The quantitative estimate of drug-likeness (QED) is 0.573. The lowest BCUT2D eigenvalue weighted by atomic mass is 9.97. The van der Waals surface area contributed by atoms with Crippen LogP contribution in [0, 0.1) is 0 Å². The van der Waals surface area contributed by atoms with Crippen LogP contribution in [0.15, 0.2) is 65.1 Å². The molecule has 0 saturated heterocycles. The van der Waals surface area contributed by atoms with E-state index < -0.39 is 0 Å². The van der Waals surface area contributed by atoms with E-state index in [9.17, 15) is 0 Å². The summed E-state index contributed by atoms with van der Waals surface area (Å²) in [6.07, 6.45) is 0.522. The third kappa shape index (κ3) is 2.87. The van der Waals surface area contributed by atoms with E-state index in [1.165, 1.54) is 4.88 Å². The van der Waals surface area contributed by atoms with Gasteiger partial charge in [-0.3, -0.25) is 0 Å². The van der Waals surface area contributed by atoms with Crippen molar-refractivity contribution in [2.75, 3.05) is 7.11 Å². The molecule has 0 saturated carbocycles. The van der Waals surface area contributed by atoms with Crippen LogP contribution >= 0.6 is 22.9 Å². The first-order valence-corrected chi connectivity index (χ1v) is 9.98. The number of hydrazone groups is 1. The maximum atomic E-state index is 6.36. The van der Waals surface area contributed by atoms with Crippen molar-refractivity contribution in [3.05, 3.63) is 81.0 Å². The predicted octanol–water partition coefficient (Wildman–Crippen LogP) is 5.65. The maximum absolute atomic E-state index is 6.36. The summed E-state index contributed by atoms with van der Waals surface area (Å²) < 4.78 is 11.8. The summed E-state index contributed by atoms with van der Waals surface area (Å²) in [7, 11) is 1.67. The minimum atomic E-state index is -0.309. The zero-order valence-electron chi connectivity index (χ0n) is 14.6. The molecule has 0 N–H and O–H groups in total. The summed E-state index contributed by atoms with van der Waals surface area (Å²) in [6, 6.07) is 18.0. The highest BCUT2D eigenvalue weighted by Gasteiger charge is 2.41. The number of thiophene rings is 1. The number of ether oxygens (including phenoxy) is 2. The number of methoxy groups -OCH3 is 1. The van der Waals surface area contributed by atoms with Crippen molar-refractivity contribution in [1.82, 2.24) is 5.01 Å². The number of hydrogen-bond donors (Lipinski definition) is 0. The van der Waals surface area contributed by atoms with E-state index in [1.54, 1.807) is 18.4 Å². The molecular formula is C21H17ClN2O2S. The fourth-order valence-corrected chi connectivity index (χ4v) is 4.57. The molecule has 0 amide bonds. The lowest BCUT2D eigenvalue weighted by molar-refractivity contribution is -0.0191. The Hall–Kier alpha value is -2.50. The van der Waals surface area contributed by atoms with E-state index in [0.717, 1.165) is 34.8 Å². The van der Waals surface area contributed by atoms with Crippen molar-refractivity contribution < 1.29 is 9.47 Å². The van der Waals surface area contributed by atoms with Gasteiger partial charge < -0.3 is 9.47 Å². The second-order valence-electron chi connectivity index (χ2n) is 6.55. The number of hydrogen-bond acceptors (Lipinski definition) is 5. The molecule has 2 aromatic carbocycles. The summed E-state index contributed by atoms with van der Waals surface area (Å²) in [5.74, 6) is 1.66. The third-order valence-corrected chi connectivity index (χ3v) is 6.09. The predicted molar refractivity (Wildman–Crippen MR) is 108 cm³/mol. The van der Waals surface area contributed by atoms with Crippen molar-refractivity contribution in [1.29, 1.82) is 0 Å². The molecule has 0 radical (unpaired) electrons. The molecule has 27 heavy (non-hydrogen) atoms. The second-order valence-corrected chi connectivity index (χ2v) is 7.94. The van der Waals surface area contributed by atoms with Crippen LogP contribution in [0.4, 0.5) is 0 Å². The minimum Gasteiger partial charge on any atom is -0.497 e. The van der Waals surface area contributed by atoms with Gasteiger partial charge in [0, 0.05) is 22.6 Å². The smallest absolute Gasteiger partial charge is 0.214 e. The number of benzene rings is 2. The van der Waals surface area contributed by atoms with Gasteiger partial charge in [0.2, 0.25) is 6.23 Å². The van der Waals surface area contributed by atoms with Crippen molar-refractivity contribution in [2.45, 2.75) is 18.7 Å². The van der Waals surface area contributed by atoms with Crippen molar-refractivity contribution in [3.63, 3.8) is 0 Å². The van der Waals surface area contributed by atoms with Crippen LogP contribution in [0.25, 0.3) is 0 Å². The number of rotatable bonds is 3. The molecule has 6 heteroatoms. The Morgan fingerprint density at radius 3 is 2.93 bits per heavy atom. The van der Waals surface area contributed by atoms with Crippen LogP contribution < -0.4 is 9.47 Å². The first-order chi connectivity index (χ1) is 13.2. The van der Waals surface area contributed by atoms with Crippen LogP contribution in [0.5, 0.6) is 11.5 Å². The zero-order valence-corrected chi connectivity index (χ0v) is 16.2. The molecule has 0 spiro atoms. The molecule has 5 rings (SSSR count). The average molecular weight is 397 g/mol. The fraction of sp³-hybridized carbons (Fsp3) is 0.190. The fourth-order valence-electron chi connectivity index (χ4n) is 3.66. The van der Waals surface area contributed by atoms with Gasteiger partial charge in [0.25, 0.3) is 0 Å². The molecule has 3 heterocycles. The van der Waals surface area contributed by atoms with Gasteiger partial charge in [-0.1, -0.05) is 29.8 Å². The van der Waals surface area contributed by atoms with Crippen LogP contribution in [0.3, 0.4) is 0 Å². The van der Waals surface area contributed by atoms with Gasteiger partial charge in [0.1, 0.15) is 11.5 Å². The van der Waals surface area contributed by atoms with Crippen LogP contribution in [-0.4, -0.2) is 17.8 Å². The summed E-state index contributed by atoms with van der Waals surface area (Å²) in [6.45, 7) is 0. The van der Waals surface area contributed by atoms with E-state index in [0.29, 0.717) is 5.02 Å². The average Bonchev–Trinajstić information content (AvgIpc) is 3.37. The zero-order chi connectivity index (χ0) is 18.4. The first-order valence-electron chi connectivity index (χ1n) is 8.72. The largest absolute Gasteiger partial charge is 0.497 e. The topological polar surface area (TPSA) is 34.1 Å². The highest BCUT2D eigenvalue weighted by atomic mass is 35.5. The van der Waals surface area contributed by atoms with Crippen molar-refractivity contribution in [3.8, 4) is 11.5 Å². The molecule has 4 nitrogen and oxygen atoms in total. The van der Waals surface area contributed by atoms with E-state index in [-0.39, 0.29) is 12.3 Å². The molecule has 2 unspecified atom stereocenters. The van der Waals surface area contributed by atoms with Gasteiger partial charge in [-0.05, 0) is 41.8 Å². The Balaban J connectivity index is 1.61.